The molecule has 4 aromatic rings. The Labute approximate surface area is 193 Å². The average Bonchev–Trinajstić information content (AvgIpc) is 3.36. The van der Waals surface area contributed by atoms with Crippen molar-refractivity contribution in [3.8, 4) is 5.75 Å². The molecule has 5 nitrogen and oxygen atoms in total. The first-order valence-electron chi connectivity index (χ1n) is 9.81. The highest BCUT2D eigenvalue weighted by Gasteiger charge is 2.10. The van der Waals surface area contributed by atoms with Crippen LogP contribution in [0.2, 0.25) is 0 Å². The van der Waals surface area contributed by atoms with Crippen LogP contribution in [0.25, 0.3) is 0 Å². The van der Waals surface area contributed by atoms with Crippen LogP contribution in [0.1, 0.15) is 31.9 Å². The number of nitrogens with zero attached hydrogens (tertiary/aromatic N) is 2. The molecule has 2 aromatic heterocycles. The molecule has 1 amide bonds. The highest BCUT2D eigenvalue weighted by atomic mass is 79.9. The molecule has 31 heavy (non-hydrogen) atoms. The van der Waals surface area contributed by atoms with Crippen LogP contribution in [0.15, 0.2) is 70.8 Å². The van der Waals surface area contributed by atoms with Gasteiger partial charge >= 0.3 is 0 Å². The molecule has 7 heteroatoms. The van der Waals surface area contributed by atoms with Crippen molar-refractivity contribution in [2.75, 3.05) is 5.32 Å². The Kier molecular flexibility index (Phi) is 6.53. The van der Waals surface area contributed by atoms with Gasteiger partial charge in [0.05, 0.1) is 22.1 Å². The molecule has 0 unspecified atom stereocenters. The molecule has 0 bridgehead atoms. The lowest BCUT2D eigenvalue weighted by molar-refractivity contribution is 0.103. The Hall–Kier alpha value is -2.90. The van der Waals surface area contributed by atoms with Gasteiger partial charge in [0, 0.05) is 17.4 Å². The van der Waals surface area contributed by atoms with Crippen molar-refractivity contribution in [1.29, 1.82) is 0 Å². The van der Waals surface area contributed by atoms with Crippen LogP contribution < -0.4 is 10.1 Å². The minimum Gasteiger partial charge on any atom is -0.489 e. The molecular weight excluding hydrogens is 474 g/mol. The minimum atomic E-state index is -0.119. The van der Waals surface area contributed by atoms with Crippen molar-refractivity contribution >= 4 is 38.9 Å². The molecule has 0 saturated heterocycles. The fourth-order valence-electron chi connectivity index (χ4n) is 3.25. The van der Waals surface area contributed by atoms with Crippen LogP contribution in [0.5, 0.6) is 5.75 Å². The molecule has 0 radical (unpaired) electrons. The maximum absolute atomic E-state index is 12.6. The highest BCUT2D eigenvalue weighted by molar-refractivity contribution is 9.10. The van der Waals surface area contributed by atoms with Gasteiger partial charge in [-0.2, -0.15) is 5.10 Å². The van der Waals surface area contributed by atoms with E-state index in [-0.39, 0.29) is 5.91 Å². The first kappa shape index (κ1) is 21.3. The molecule has 2 heterocycles. The van der Waals surface area contributed by atoms with Gasteiger partial charge in [-0.05, 0) is 82.2 Å². The third-order valence-electron chi connectivity index (χ3n) is 4.64. The van der Waals surface area contributed by atoms with Crippen LogP contribution in [0, 0.1) is 13.8 Å². The monoisotopic (exact) mass is 495 g/mol. The van der Waals surface area contributed by atoms with Crippen LogP contribution >= 0.6 is 27.3 Å². The lowest BCUT2D eigenvalue weighted by Crippen LogP contribution is -2.10. The van der Waals surface area contributed by atoms with Crippen LogP contribution in [0.3, 0.4) is 0 Å². The summed E-state index contributed by atoms with van der Waals surface area (Å²) in [5.41, 5.74) is 5.19. The van der Waals surface area contributed by atoms with E-state index >= 15 is 0 Å². The van der Waals surface area contributed by atoms with E-state index in [9.17, 15) is 4.79 Å². The summed E-state index contributed by atoms with van der Waals surface area (Å²) >= 11 is 4.82. The Morgan fingerprint density at radius 1 is 1.10 bits per heavy atom. The lowest BCUT2D eigenvalue weighted by atomic mass is 10.1. The summed E-state index contributed by atoms with van der Waals surface area (Å²) in [5.74, 6) is 0.726. The van der Waals surface area contributed by atoms with E-state index in [1.165, 1.54) is 22.5 Å². The van der Waals surface area contributed by atoms with Crippen molar-refractivity contribution in [2.45, 2.75) is 27.0 Å². The van der Waals surface area contributed by atoms with E-state index in [0.717, 1.165) is 27.0 Å². The summed E-state index contributed by atoms with van der Waals surface area (Å²) in [6, 6.07) is 15.8. The number of thiophene rings is 1. The maximum Gasteiger partial charge on any atom is 0.265 e. The molecule has 2 aromatic carbocycles. The number of rotatable bonds is 7. The third-order valence-corrected chi connectivity index (χ3v) is 6.02. The van der Waals surface area contributed by atoms with Crippen LogP contribution in [-0.2, 0) is 13.2 Å². The largest absolute Gasteiger partial charge is 0.489 e. The molecule has 0 spiro atoms. The summed E-state index contributed by atoms with van der Waals surface area (Å²) in [6.45, 7) is 5.21. The van der Waals surface area contributed by atoms with Crippen molar-refractivity contribution in [3.63, 3.8) is 0 Å². The number of aryl methyl sites for hydroxylation is 2. The molecule has 4 rings (SSSR count). The van der Waals surface area contributed by atoms with Gasteiger partial charge in [0.15, 0.2) is 0 Å². The zero-order valence-corrected chi connectivity index (χ0v) is 19.7. The SMILES string of the molecule is Cc1cc(C)cc(OCc2csc(C(=O)Nc3ccc(Cn4cc(Br)cn4)cc3)c2)c1. The molecule has 0 atom stereocenters. The number of halogens is 1. The molecule has 1 N–H and O–H groups in total. The molecule has 0 fully saturated rings. The summed E-state index contributed by atoms with van der Waals surface area (Å²) < 4.78 is 8.70. The Morgan fingerprint density at radius 3 is 2.52 bits per heavy atom. The molecule has 0 saturated carbocycles. The Morgan fingerprint density at radius 2 is 1.84 bits per heavy atom. The zero-order valence-electron chi connectivity index (χ0n) is 17.3. The van der Waals surface area contributed by atoms with Gasteiger partial charge in [0.25, 0.3) is 5.91 Å². The first-order valence-corrected chi connectivity index (χ1v) is 11.5. The second kappa shape index (κ2) is 9.49. The predicted octanol–water partition coefficient (Wildman–Crippen LogP) is 6.20. The lowest BCUT2D eigenvalue weighted by Gasteiger charge is -2.07. The van der Waals surface area contributed by atoms with Crippen LogP contribution in [0.4, 0.5) is 5.69 Å². The number of ether oxygens (including phenoxy) is 1. The number of aromatic nitrogens is 2. The summed E-state index contributed by atoms with van der Waals surface area (Å²) in [5, 5.41) is 9.18. The summed E-state index contributed by atoms with van der Waals surface area (Å²) in [4.78, 5) is 13.3. The molecule has 158 valence electrons. The van der Waals surface area contributed by atoms with Crippen molar-refractivity contribution in [1.82, 2.24) is 9.78 Å². The number of hydrogen-bond acceptors (Lipinski definition) is 4. The van der Waals surface area contributed by atoms with Gasteiger partial charge in [-0.1, -0.05) is 18.2 Å². The number of amides is 1. The fraction of sp³-hybridized carbons (Fsp3) is 0.167. The van der Waals surface area contributed by atoms with Gasteiger partial charge < -0.3 is 10.1 Å². The van der Waals surface area contributed by atoms with Gasteiger partial charge in [0.2, 0.25) is 0 Å². The second-order valence-corrected chi connectivity index (χ2v) is 9.27. The standard InChI is InChI=1S/C24H22BrN3O2S/c1-16-7-17(2)9-22(8-16)30-14-19-10-23(31-15-19)24(29)27-21-5-3-18(4-6-21)12-28-13-20(25)11-26-28/h3-11,13,15H,12,14H2,1-2H3,(H,27,29). The molecule has 0 aliphatic heterocycles. The topological polar surface area (TPSA) is 56.1 Å². The maximum atomic E-state index is 12.6. The average molecular weight is 496 g/mol. The van der Waals surface area contributed by atoms with Gasteiger partial charge in [-0.3, -0.25) is 9.48 Å². The second-order valence-electron chi connectivity index (χ2n) is 7.44. The molecular formula is C24H22BrN3O2S. The normalized spacial score (nSPS) is 10.8. The quantitative estimate of drug-likeness (QED) is 0.331. The number of hydrogen-bond donors (Lipinski definition) is 1. The van der Waals surface area contributed by atoms with E-state index in [2.05, 4.69) is 46.3 Å². The van der Waals surface area contributed by atoms with Gasteiger partial charge in [-0.25, -0.2) is 0 Å². The first-order chi connectivity index (χ1) is 14.9. The van der Waals surface area contributed by atoms with E-state index in [1.54, 1.807) is 6.20 Å². The number of nitrogens with one attached hydrogen (secondary N) is 1. The minimum absolute atomic E-state index is 0.119. The predicted molar refractivity (Wildman–Crippen MR) is 128 cm³/mol. The Bertz CT molecular complexity index is 1180. The number of benzene rings is 2. The van der Waals surface area contributed by atoms with Gasteiger partial charge in [-0.15, -0.1) is 11.3 Å². The number of carbonyl (C=O) groups excluding carboxylic acids is 1. The Balaban J connectivity index is 1.33. The summed E-state index contributed by atoms with van der Waals surface area (Å²) in [6.07, 6.45) is 3.69. The van der Waals surface area contributed by atoms with E-state index in [4.69, 9.17) is 4.74 Å². The molecule has 0 aliphatic rings. The third kappa shape index (κ3) is 5.83. The van der Waals surface area contributed by atoms with E-state index in [0.29, 0.717) is 18.0 Å². The highest BCUT2D eigenvalue weighted by Crippen LogP contribution is 2.21. The zero-order chi connectivity index (χ0) is 21.8. The van der Waals surface area contributed by atoms with E-state index in [1.807, 2.05) is 58.7 Å². The van der Waals surface area contributed by atoms with Gasteiger partial charge in [0.1, 0.15) is 12.4 Å². The van der Waals surface area contributed by atoms with Crippen LogP contribution in [-0.4, -0.2) is 15.7 Å². The molecule has 0 aliphatic carbocycles. The van der Waals surface area contributed by atoms with Crippen molar-refractivity contribution in [3.05, 3.63) is 97.9 Å². The van der Waals surface area contributed by atoms with E-state index < -0.39 is 0 Å². The fourth-order valence-corrected chi connectivity index (χ4v) is 4.37. The smallest absolute Gasteiger partial charge is 0.265 e. The number of carbonyl (C=O) groups is 1. The summed E-state index contributed by atoms with van der Waals surface area (Å²) in [7, 11) is 0. The van der Waals surface area contributed by atoms with Crippen molar-refractivity contribution in [2.24, 2.45) is 0 Å². The number of anilines is 1. The van der Waals surface area contributed by atoms with Crippen molar-refractivity contribution < 1.29 is 9.53 Å².